The van der Waals surface area contributed by atoms with E-state index in [0.29, 0.717) is 24.2 Å². The average Bonchev–Trinajstić information content (AvgIpc) is 1.25. The van der Waals surface area contributed by atoms with Crippen molar-refractivity contribution in [3.63, 3.8) is 0 Å². The molecule has 0 radical (unpaired) electrons. The fourth-order valence-electron chi connectivity index (χ4n) is 14.1. The number of carbonyl (C=O) groups excluding carboxylic acids is 2. The quantitative estimate of drug-likeness (QED) is 0.0363. The summed E-state index contributed by atoms with van der Waals surface area (Å²) in [6, 6.07) is 6.09. The van der Waals surface area contributed by atoms with Gasteiger partial charge in [-0.05, 0) is 85.8 Å². The molecule has 3 spiro atoms. The average molecular weight is 1220 g/mol. The van der Waals surface area contributed by atoms with Crippen LogP contribution in [-0.2, 0) is 35.0 Å². The molecule has 6 bridgehead atoms. The van der Waals surface area contributed by atoms with Crippen LogP contribution in [0.1, 0.15) is 99.4 Å². The largest absolute Gasteiger partial charge is 0.507 e. The van der Waals surface area contributed by atoms with Crippen LogP contribution in [0.25, 0.3) is 22.3 Å². The number of hydrogen-bond donors (Lipinski definition) is 17. The Morgan fingerprint density at radius 2 is 1.65 bits per heavy atom. The first kappa shape index (κ1) is 60.6. The number of carboxylic acid groups (broad SMARTS) is 1. The van der Waals surface area contributed by atoms with Crippen molar-refractivity contribution in [2.24, 2.45) is 11.8 Å². The maximum Gasteiger partial charge on any atom is 0.354 e. The van der Waals surface area contributed by atoms with Gasteiger partial charge < -0.3 is 105 Å². The van der Waals surface area contributed by atoms with Gasteiger partial charge in [-0.3, -0.25) is 14.9 Å². The Morgan fingerprint density at radius 1 is 0.875 bits per heavy atom. The molecular weight excluding hydrogens is 1150 g/mol. The number of allylic oxidation sites excluding steroid dienone is 4. The molecule has 26 nitrogen and oxygen atoms in total. The van der Waals surface area contributed by atoms with Crippen molar-refractivity contribution < 1.29 is 109 Å². The van der Waals surface area contributed by atoms with Crippen molar-refractivity contribution >= 4 is 28.7 Å². The molecule has 88 heavy (non-hydrogen) atoms. The number of nitrogens with one attached hydrogen (secondary N) is 3. The number of dihydropyridines is 1. The van der Waals surface area contributed by atoms with Gasteiger partial charge in [0.2, 0.25) is 17.2 Å². The number of aliphatic hydroxyl groups is 10. The Balaban J connectivity index is 1.22. The molecule has 1 aliphatic carbocycles. The second-order valence-electron chi connectivity index (χ2n) is 24.0. The van der Waals surface area contributed by atoms with E-state index in [1.54, 1.807) is 0 Å². The van der Waals surface area contributed by atoms with Crippen LogP contribution in [0.15, 0.2) is 80.3 Å². The van der Waals surface area contributed by atoms with Crippen molar-refractivity contribution in [3.8, 4) is 58.0 Å². The first-order chi connectivity index (χ1) is 41.7. The molecule has 4 saturated heterocycles. The number of H-pyrrole nitrogens is 1. The number of carboxylic acids is 1. The summed E-state index contributed by atoms with van der Waals surface area (Å²) in [5.41, 5.74) is -10.3. The molecule has 4 fully saturated rings. The number of piperidine rings is 1. The van der Waals surface area contributed by atoms with Crippen molar-refractivity contribution in [1.82, 2.24) is 15.6 Å². The number of ether oxygens (including phenoxy) is 4. The first-order valence-electron chi connectivity index (χ1n) is 28.9. The van der Waals surface area contributed by atoms with Crippen LogP contribution in [0.3, 0.4) is 0 Å². The molecule has 0 saturated carbocycles. The number of aromatic nitrogens is 1. The number of aliphatic carboxylic acids is 1. The van der Waals surface area contributed by atoms with Crippen molar-refractivity contribution in [2.45, 2.75) is 154 Å². The number of phenolic OH excluding ortho intramolecular Hbond substituents is 3. The normalized spacial score (nSPS) is 35.7. The van der Waals surface area contributed by atoms with E-state index in [0.717, 1.165) is 23.8 Å². The maximum atomic E-state index is 16.3. The van der Waals surface area contributed by atoms with Crippen LogP contribution in [0.4, 0.5) is 0 Å². The van der Waals surface area contributed by atoms with Gasteiger partial charge in [0, 0.05) is 102 Å². The minimum absolute atomic E-state index is 0.00417. The van der Waals surface area contributed by atoms with E-state index in [2.05, 4.69) is 39.3 Å². The monoisotopic (exact) mass is 1220 g/mol. The van der Waals surface area contributed by atoms with Crippen LogP contribution >= 0.6 is 0 Å². The molecule has 10 heterocycles. The SMILES string of the molecule is CCC1=C([C@@H]2C=C3[C@H]4CC[C@@H](O)C(=O)C[C@@H](CO)C[C@]56OC(=O)[C@@]7(CC#C[C@](C(=O)O)(O5)C(O)(O)[C@H](O)[C@H]6O)O[C@]3(Oc3cc5oc(-c6cc(O)c(O)c(CCO)c6)cc(=O)c5c(O)c32)[C@H](O)[C@@H](O)[C@@]7(O)CC#Cc2cc[nH]c24)C=C2C(NCC[C@H]2C)N1. The molecule has 15 atom stereocenters. The molecule has 2 aromatic heterocycles. The maximum absolute atomic E-state index is 16.3. The lowest BCUT2D eigenvalue weighted by atomic mass is 9.66. The van der Waals surface area contributed by atoms with Crippen LogP contribution in [0.2, 0.25) is 0 Å². The zero-order valence-electron chi connectivity index (χ0n) is 47.3. The van der Waals surface area contributed by atoms with Gasteiger partial charge in [-0.25, -0.2) is 9.59 Å². The highest BCUT2D eigenvalue weighted by molar-refractivity contribution is 5.90. The van der Waals surface area contributed by atoms with Crippen LogP contribution in [0, 0.1) is 35.5 Å². The number of phenols is 3. The third-order valence-electron chi connectivity index (χ3n) is 18.9. The lowest BCUT2D eigenvalue weighted by Crippen LogP contribution is -2.81. The molecule has 26 heteroatoms. The van der Waals surface area contributed by atoms with E-state index >= 15 is 4.79 Å². The number of aliphatic hydroxyl groups excluding tert-OH is 7. The number of benzene rings is 2. The zero-order valence-corrected chi connectivity index (χ0v) is 47.3. The van der Waals surface area contributed by atoms with Crippen LogP contribution in [-0.4, -0.2) is 185 Å². The molecule has 4 aromatic rings. The van der Waals surface area contributed by atoms with Gasteiger partial charge in [-0.15, -0.1) is 0 Å². The molecule has 13 rings (SSSR count). The van der Waals surface area contributed by atoms with E-state index < -0.39 is 191 Å². The standard InChI is InChI=1S/C62H65N3O23/c1-3-37-34(21-33-27(2)9-15-64-54(33)65-37)35-22-36-32-7-8-38(68)39(69)18-28(26-67)25-60-51(75)53(77)62(82,83)58(87-60,55(78)79)13-5-14-59(56(80)86-60)57(81,12-4-6-29-10-16-63-47(29)32)50(74)52(76)61(36,88-59)85-44-24-43-46(49(73)45(35)44)40(70)23-42(84-43)31-19-30(11-17-66)48(72)41(71)20-31/h10,16,19-24,27-28,32,35,38,50-54,63-68,71-77,81-83H,3,7-9,11-12,14-15,17-18,25-26H2,1-2H3,(H,78,79)/t27-,28-,32-,35+,38-,50-,51-,52-,53-,54?,57+,58-,59-,60+,61+/m1/s1. The Bertz CT molecular complexity index is 3900. The summed E-state index contributed by atoms with van der Waals surface area (Å²) < 4.78 is 32.8. The highest BCUT2D eigenvalue weighted by Crippen LogP contribution is 2.60. The van der Waals surface area contributed by atoms with Gasteiger partial charge in [0.05, 0.1) is 12.6 Å². The number of aromatic amines is 1. The van der Waals surface area contributed by atoms with Crippen molar-refractivity contribution in [2.75, 3.05) is 19.8 Å². The third kappa shape index (κ3) is 8.84. The number of fused-ring (bicyclic) bond motifs is 7. The molecule has 466 valence electrons. The van der Waals surface area contributed by atoms with Crippen LogP contribution in [0.5, 0.6) is 23.0 Å². The summed E-state index contributed by atoms with van der Waals surface area (Å²) in [7, 11) is 0. The molecule has 0 amide bonds. The first-order valence-corrected chi connectivity index (χ1v) is 28.9. The molecule has 2 aromatic carbocycles. The number of ketones is 1. The third-order valence-corrected chi connectivity index (χ3v) is 18.9. The minimum Gasteiger partial charge on any atom is -0.507 e. The van der Waals surface area contributed by atoms with E-state index in [1.807, 2.05) is 19.9 Å². The number of aromatic hydroxyl groups is 3. The highest BCUT2D eigenvalue weighted by Gasteiger charge is 2.78. The van der Waals surface area contributed by atoms with Crippen LogP contribution < -0.4 is 20.8 Å². The number of esters is 1. The number of carbonyl (C=O) groups is 3. The molecule has 8 aliphatic heterocycles. The summed E-state index contributed by atoms with van der Waals surface area (Å²) in [4.78, 5) is 62.3. The number of Topliss-reactive ketones (excluding diaryl/α,β-unsaturated/α-hetero) is 1. The minimum atomic E-state index is -4.12. The second-order valence-corrected chi connectivity index (χ2v) is 24.0. The Labute approximate surface area is 499 Å². The van der Waals surface area contributed by atoms with Crippen molar-refractivity contribution in [3.05, 3.63) is 104 Å². The summed E-state index contributed by atoms with van der Waals surface area (Å²) in [5, 5.41) is 172. The number of rotatable bonds is 7. The van der Waals surface area contributed by atoms with Crippen molar-refractivity contribution in [1.29, 1.82) is 0 Å². The Hall–Kier alpha value is -7.64. The Morgan fingerprint density at radius 3 is 2.38 bits per heavy atom. The van der Waals surface area contributed by atoms with Gasteiger partial charge in [0.15, 0.2) is 34.9 Å². The van der Waals surface area contributed by atoms with Gasteiger partial charge in [-0.2, -0.15) is 0 Å². The van der Waals surface area contributed by atoms with Gasteiger partial charge >= 0.3 is 11.9 Å². The highest BCUT2D eigenvalue weighted by atomic mass is 16.8. The predicted molar refractivity (Wildman–Crippen MR) is 300 cm³/mol. The van der Waals surface area contributed by atoms with E-state index in [-0.39, 0.29) is 64.5 Å². The van der Waals surface area contributed by atoms with E-state index in [4.69, 9.17) is 23.4 Å². The van der Waals surface area contributed by atoms with E-state index in [9.17, 15) is 85.9 Å². The van der Waals surface area contributed by atoms with Gasteiger partial charge in [-0.1, -0.05) is 43.8 Å². The lowest BCUT2D eigenvalue weighted by molar-refractivity contribution is -0.434. The number of hydrogen-bond acceptors (Lipinski definition) is 24. The van der Waals surface area contributed by atoms with E-state index in [1.165, 1.54) is 24.4 Å². The molecule has 17 N–H and O–H groups in total. The fourth-order valence-corrected chi connectivity index (χ4v) is 14.1. The van der Waals surface area contributed by atoms with Gasteiger partial charge in [0.25, 0.3) is 11.4 Å². The Kier molecular flexibility index (Phi) is 14.9. The van der Waals surface area contributed by atoms with Gasteiger partial charge in [0.1, 0.15) is 52.1 Å². The summed E-state index contributed by atoms with van der Waals surface area (Å²) >= 11 is 0. The predicted octanol–water partition coefficient (Wildman–Crippen LogP) is -0.536. The fraction of sp³-hybridized carbons (Fsp3) is 0.484. The second kappa shape index (κ2) is 21.6. The summed E-state index contributed by atoms with van der Waals surface area (Å²) in [6.45, 7) is 2.96. The summed E-state index contributed by atoms with van der Waals surface area (Å²) in [5.74, 6) is -13.3. The molecule has 1 unspecified atom stereocenters. The summed E-state index contributed by atoms with van der Waals surface area (Å²) in [6.07, 6.45) is -13.6. The topological polar surface area (TPSA) is 441 Å². The lowest BCUT2D eigenvalue weighted by Gasteiger charge is -2.59. The molecular formula is C62H65N3O23. The zero-order chi connectivity index (χ0) is 62.9. The smallest absolute Gasteiger partial charge is 0.354 e. The molecule has 9 aliphatic rings.